The third-order valence-electron chi connectivity index (χ3n) is 3.98. The predicted octanol–water partition coefficient (Wildman–Crippen LogP) is 1.89. The van der Waals surface area contributed by atoms with Crippen molar-refractivity contribution in [2.24, 2.45) is 5.92 Å². The molecule has 3 atom stereocenters. The average molecular weight is 334 g/mol. The summed E-state index contributed by atoms with van der Waals surface area (Å²) in [6.07, 6.45) is 0.620. The lowest BCUT2D eigenvalue weighted by Gasteiger charge is -2.22. The van der Waals surface area contributed by atoms with Gasteiger partial charge in [-0.25, -0.2) is 4.79 Å². The third-order valence-corrected chi connectivity index (χ3v) is 3.98. The number of nitrogens with one attached hydrogen (secondary N) is 2. The van der Waals surface area contributed by atoms with Gasteiger partial charge in [0.2, 0.25) is 12.1 Å². The molecule has 0 bridgehead atoms. The highest BCUT2D eigenvalue weighted by Gasteiger charge is 2.35. The van der Waals surface area contributed by atoms with Gasteiger partial charge in [0.05, 0.1) is 13.0 Å². The smallest absolute Gasteiger partial charge is 0.409 e. The fourth-order valence-corrected chi connectivity index (χ4v) is 2.85. The Morgan fingerprint density at radius 3 is 2.50 bits per heavy atom. The van der Waals surface area contributed by atoms with Crippen LogP contribution in [0.2, 0.25) is 0 Å². The quantitative estimate of drug-likeness (QED) is 0.633. The summed E-state index contributed by atoms with van der Waals surface area (Å²) < 4.78 is 10.1. The highest BCUT2D eigenvalue weighted by molar-refractivity contribution is 5.76. The van der Waals surface area contributed by atoms with Gasteiger partial charge in [-0.1, -0.05) is 36.8 Å². The van der Waals surface area contributed by atoms with Crippen LogP contribution in [0, 0.1) is 5.92 Å². The normalized spacial score (nSPS) is 20.8. The largest absolute Gasteiger partial charge is 0.469 e. The lowest BCUT2D eigenvalue weighted by molar-refractivity contribution is -0.145. The molecule has 1 aliphatic rings. The van der Waals surface area contributed by atoms with Crippen LogP contribution >= 0.6 is 0 Å². The molecule has 24 heavy (non-hydrogen) atoms. The SMILES string of the molecule is COC(=O)C1CCCC1NC(=O)OC(NC(C)=O)c1ccccc1. The van der Waals surface area contributed by atoms with E-state index in [1.54, 1.807) is 24.3 Å². The highest BCUT2D eigenvalue weighted by Crippen LogP contribution is 2.27. The maximum absolute atomic E-state index is 12.2. The topological polar surface area (TPSA) is 93.7 Å². The van der Waals surface area contributed by atoms with Crippen LogP contribution in [0.25, 0.3) is 0 Å². The Kier molecular flexibility index (Phi) is 6.17. The molecule has 2 rings (SSSR count). The number of esters is 1. The van der Waals surface area contributed by atoms with Gasteiger partial charge in [0.15, 0.2) is 0 Å². The van der Waals surface area contributed by atoms with Gasteiger partial charge in [0, 0.05) is 18.5 Å². The van der Waals surface area contributed by atoms with Crippen LogP contribution in [0.15, 0.2) is 30.3 Å². The minimum atomic E-state index is -0.887. The first-order chi connectivity index (χ1) is 11.5. The van der Waals surface area contributed by atoms with E-state index in [0.717, 1.165) is 6.42 Å². The summed E-state index contributed by atoms with van der Waals surface area (Å²) in [5, 5.41) is 5.29. The van der Waals surface area contributed by atoms with E-state index < -0.39 is 12.3 Å². The second kappa shape index (κ2) is 8.33. The van der Waals surface area contributed by atoms with E-state index in [9.17, 15) is 14.4 Å². The minimum Gasteiger partial charge on any atom is -0.469 e. The maximum atomic E-state index is 12.2. The summed E-state index contributed by atoms with van der Waals surface area (Å²) in [4.78, 5) is 35.3. The molecule has 0 radical (unpaired) electrons. The number of carbonyl (C=O) groups excluding carboxylic acids is 3. The molecule has 2 amide bonds. The van der Waals surface area contributed by atoms with Crippen molar-refractivity contribution in [2.45, 2.75) is 38.5 Å². The second-order valence-corrected chi connectivity index (χ2v) is 5.71. The average Bonchev–Trinajstić information content (AvgIpc) is 3.02. The van der Waals surface area contributed by atoms with Crippen molar-refractivity contribution in [3.05, 3.63) is 35.9 Å². The van der Waals surface area contributed by atoms with Crippen LogP contribution in [-0.4, -0.2) is 31.1 Å². The number of amides is 2. The summed E-state index contributed by atoms with van der Waals surface area (Å²) in [5.74, 6) is -1.01. The number of ether oxygens (including phenoxy) is 2. The molecule has 1 aromatic carbocycles. The first-order valence-electron chi connectivity index (χ1n) is 7.88. The summed E-state index contributed by atoms with van der Waals surface area (Å²) in [5.41, 5.74) is 0.652. The Balaban J connectivity index is 2.00. The number of alkyl carbamates (subject to hydrolysis) is 1. The van der Waals surface area contributed by atoms with Gasteiger partial charge in [-0.15, -0.1) is 0 Å². The van der Waals surface area contributed by atoms with Crippen LogP contribution in [0.1, 0.15) is 38.0 Å². The van der Waals surface area contributed by atoms with E-state index in [4.69, 9.17) is 9.47 Å². The first kappa shape index (κ1) is 17.8. The van der Waals surface area contributed by atoms with Crippen LogP contribution in [0.3, 0.4) is 0 Å². The van der Waals surface area contributed by atoms with Gasteiger partial charge in [-0.05, 0) is 12.8 Å². The Labute approximate surface area is 140 Å². The van der Waals surface area contributed by atoms with Crippen LogP contribution in [0.5, 0.6) is 0 Å². The van der Waals surface area contributed by atoms with Crippen molar-refractivity contribution in [1.82, 2.24) is 10.6 Å². The first-order valence-corrected chi connectivity index (χ1v) is 7.88. The molecule has 1 aliphatic carbocycles. The zero-order valence-electron chi connectivity index (χ0n) is 13.8. The molecule has 7 nitrogen and oxygen atoms in total. The van der Waals surface area contributed by atoms with Crippen molar-refractivity contribution in [3.8, 4) is 0 Å². The Morgan fingerprint density at radius 1 is 1.17 bits per heavy atom. The standard InChI is InChI=1S/C17H22N2O5/c1-11(20)18-15(12-7-4-3-5-8-12)24-17(22)19-14-10-6-9-13(14)16(21)23-2/h3-5,7-8,13-15H,6,9-10H2,1-2H3,(H,18,20)(H,19,22). The molecule has 0 aromatic heterocycles. The molecular weight excluding hydrogens is 312 g/mol. The number of methoxy groups -OCH3 is 1. The molecule has 1 fully saturated rings. The van der Waals surface area contributed by atoms with Crippen LogP contribution < -0.4 is 10.6 Å². The Hall–Kier alpha value is -2.57. The number of hydrogen-bond donors (Lipinski definition) is 2. The number of benzene rings is 1. The van der Waals surface area contributed by atoms with Gasteiger partial charge < -0.3 is 20.1 Å². The van der Waals surface area contributed by atoms with E-state index in [2.05, 4.69) is 10.6 Å². The number of carbonyl (C=O) groups is 3. The van der Waals surface area contributed by atoms with Gasteiger partial charge in [-0.3, -0.25) is 9.59 Å². The Bertz CT molecular complexity index is 590. The molecule has 3 unspecified atom stereocenters. The fraction of sp³-hybridized carbons (Fsp3) is 0.471. The molecule has 0 heterocycles. The molecule has 7 heteroatoms. The summed E-state index contributed by atoms with van der Waals surface area (Å²) in [6, 6.07) is 8.58. The summed E-state index contributed by atoms with van der Waals surface area (Å²) >= 11 is 0. The van der Waals surface area contributed by atoms with Crippen molar-refractivity contribution in [3.63, 3.8) is 0 Å². The van der Waals surface area contributed by atoms with E-state index >= 15 is 0 Å². The molecule has 1 saturated carbocycles. The van der Waals surface area contributed by atoms with Gasteiger partial charge in [0.1, 0.15) is 0 Å². The fourth-order valence-electron chi connectivity index (χ4n) is 2.85. The van der Waals surface area contributed by atoms with E-state index in [-0.39, 0.29) is 23.8 Å². The van der Waals surface area contributed by atoms with Crippen LogP contribution in [-0.2, 0) is 19.1 Å². The third kappa shape index (κ3) is 4.71. The number of hydrogen-bond acceptors (Lipinski definition) is 5. The molecule has 0 spiro atoms. The van der Waals surface area contributed by atoms with Gasteiger partial charge in [0.25, 0.3) is 0 Å². The van der Waals surface area contributed by atoms with Gasteiger partial charge in [-0.2, -0.15) is 0 Å². The lowest BCUT2D eigenvalue weighted by Crippen LogP contribution is -2.42. The van der Waals surface area contributed by atoms with E-state index in [1.165, 1.54) is 14.0 Å². The van der Waals surface area contributed by atoms with Crippen molar-refractivity contribution in [1.29, 1.82) is 0 Å². The molecule has 0 saturated heterocycles. The van der Waals surface area contributed by atoms with E-state index in [1.807, 2.05) is 6.07 Å². The minimum absolute atomic E-state index is 0.315. The molecule has 130 valence electrons. The van der Waals surface area contributed by atoms with Gasteiger partial charge >= 0.3 is 12.1 Å². The second-order valence-electron chi connectivity index (χ2n) is 5.71. The molecule has 0 aliphatic heterocycles. The van der Waals surface area contributed by atoms with Crippen molar-refractivity contribution >= 4 is 18.0 Å². The molecule has 1 aromatic rings. The lowest BCUT2D eigenvalue weighted by atomic mass is 10.0. The molecular formula is C17H22N2O5. The predicted molar refractivity (Wildman–Crippen MR) is 85.8 cm³/mol. The Morgan fingerprint density at radius 2 is 1.88 bits per heavy atom. The summed E-state index contributed by atoms with van der Waals surface area (Å²) in [6.45, 7) is 1.35. The molecule has 2 N–H and O–H groups in total. The highest BCUT2D eigenvalue weighted by atomic mass is 16.6. The zero-order chi connectivity index (χ0) is 17.5. The van der Waals surface area contributed by atoms with Crippen molar-refractivity contribution in [2.75, 3.05) is 7.11 Å². The monoisotopic (exact) mass is 334 g/mol. The van der Waals surface area contributed by atoms with Crippen LogP contribution in [0.4, 0.5) is 4.79 Å². The van der Waals surface area contributed by atoms with E-state index in [0.29, 0.717) is 18.4 Å². The van der Waals surface area contributed by atoms with Crippen molar-refractivity contribution < 1.29 is 23.9 Å². The maximum Gasteiger partial charge on any atom is 0.409 e. The zero-order valence-corrected chi connectivity index (χ0v) is 13.8. The summed E-state index contributed by atoms with van der Waals surface area (Å²) in [7, 11) is 1.33. The number of rotatable bonds is 5.